The molecular formula is C20H24N2O8. The number of amides is 2. The topological polar surface area (TPSA) is 114 Å². The van der Waals surface area contributed by atoms with Gasteiger partial charge in [0.1, 0.15) is 0 Å². The molecule has 0 unspecified atom stereocenters. The van der Waals surface area contributed by atoms with Crippen molar-refractivity contribution in [2.45, 2.75) is 0 Å². The summed E-state index contributed by atoms with van der Waals surface area (Å²) in [6.45, 7) is 0. The summed E-state index contributed by atoms with van der Waals surface area (Å²) in [6.07, 6.45) is 0. The second-order valence-corrected chi connectivity index (χ2v) is 5.74. The van der Waals surface area contributed by atoms with E-state index < -0.39 is 11.8 Å². The molecule has 2 aromatic carbocycles. The number of nitrogens with one attached hydrogen (secondary N) is 2. The highest BCUT2D eigenvalue weighted by molar-refractivity contribution is 6.43. The molecule has 0 saturated carbocycles. The van der Waals surface area contributed by atoms with E-state index in [1.165, 1.54) is 66.9 Å². The second kappa shape index (κ2) is 10.1. The van der Waals surface area contributed by atoms with Crippen molar-refractivity contribution in [1.29, 1.82) is 0 Å². The number of hydrogen-bond donors (Lipinski definition) is 2. The van der Waals surface area contributed by atoms with Crippen LogP contribution in [0.2, 0.25) is 0 Å². The van der Waals surface area contributed by atoms with Gasteiger partial charge in [0.25, 0.3) is 0 Å². The summed E-state index contributed by atoms with van der Waals surface area (Å²) in [7, 11) is 8.70. The first-order chi connectivity index (χ1) is 14.4. The minimum Gasteiger partial charge on any atom is -0.493 e. The molecule has 0 aliphatic carbocycles. The molecule has 2 N–H and O–H groups in total. The lowest BCUT2D eigenvalue weighted by Gasteiger charge is -2.15. The lowest BCUT2D eigenvalue weighted by atomic mass is 10.2. The third-order valence-electron chi connectivity index (χ3n) is 4.05. The normalized spacial score (nSPS) is 9.93. The van der Waals surface area contributed by atoms with E-state index in [0.717, 1.165) is 0 Å². The van der Waals surface area contributed by atoms with Gasteiger partial charge >= 0.3 is 11.8 Å². The predicted octanol–water partition coefficient (Wildman–Crippen LogP) is 2.32. The molecule has 30 heavy (non-hydrogen) atoms. The van der Waals surface area contributed by atoms with Crippen LogP contribution in [-0.4, -0.2) is 54.5 Å². The Labute approximate surface area is 174 Å². The van der Waals surface area contributed by atoms with Gasteiger partial charge in [-0.1, -0.05) is 0 Å². The Bertz CT molecular complexity index is 804. The standard InChI is InChI=1S/C20H24N2O8/c1-25-13-7-11(8-14(26-2)17(13)29-5)21-19(23)20(24)22-12-9-15(27-3)18(30-6)16(10-12)28-4/h7-10H,1-6H3,(H,21,23)(H,22,24). The maximum atomic E-state index is 12.4. The molecule has 0 heterocycles. The van der Waals surface area contributed by atoms with Crippen LogP contribution in [0.4, 0.5) is 11.4 Å². The van der Waals surface area contributed by atoms with Gasteiger partial charge in [0.2, 0.25) is 11.5 Å². The third kappa shape index (κ3) is 4.77. The van der Waals surface area contributed by atoms with E-state index >= 15 is 0 Å². The van der Waals surface area contributed by atoms with Crippen LogP contribution in [0, 0.1) is 0 Å². The highest BCUT2D eigenvalue weighted by Gasteiger charge is 2.20. The van der Waals surface area contributed by atoms with Gasteiger partial charge in [-0.2, -0.15) is 0 Å². The molecule has 0 bridgehead atoms. The van der Waals surface area contributed by atoms with Crippen molar-refractivity contribution >= 4 is 23.2 Å². The van der Waals surface area contributed by atoms with Gasteiger partial charge in [-0.3, -0.25) is 9.59 Å². The van der Waals surface area contributed by atoms with Gasteiger partial charge in [0.15, 0.2) is 23.0 Å². The van der Waals surface area contributed by atoms with Gasteiger partial charge in [-0.05, 0) is 0 Å². The minimum absolute atomic E-state index is 0.287. The van der Waals surface area contributed by atoms with Crippen molar-refractivity contribution in [2.75, 3.05) is 53.3 Å². The van der Waals surface area contributed by atoms with Crippen LogP contribution in [0.1, 0.15) is 0 Å². The van der Waals surface area contributed by atoms with Crippen LogP contribution in [0.5, 0.6) is 34.5 Å². The lowest BCUT2D eigenvalue weighted by molar-refractivity contribution is -0.133. The number of methoxy groups -OCH3 is 6. The van der Waals surface area contributed by atoms with Crippen LogP contribution in [-0.2, 0) is 9.59 Å². The Kier molecular flexibility index (Phi) is 7.56. The average molecular weight is 420 g/mol. The van der Waals surface area contributed by atoms with E-state index in [0.29, 0.717) is 34.5 Å². The zero-order valence-electron chi connectivity index (χ0n) is 17.6. The average Bonchev–Trinajstić information content (AvgIpc) is 2.77. The van der Waals surface area contributed by atoms with Crippen molar-refractivity contribution < 1.29 is 38.0 Å². The molecule has 0 aromatic heterocycles. The summed E-state index contributed by atoms with van der Waals surface area (Å²) in [5, 5.41) is 4.98. The maximum Gasteiger partial charge on any atom is 0.314 e. The minimum atomic E-state index is -0.905. The molecule has 0 aliphatic heterocycles. The zero-order chi connectivity index (χ0) is 22.3. The van der Waals surface area contributed by atoms with Crippen molar-refractivity contribution in [3.05, 3.63) is 24.3 Å². The predicted molar refractivity (Wildman–Crippen MR) is 109 cm³/mol. The zero-order valence-corrected chi connectivity index (χ0v) is 17.6. The summed E-state index contributed by atoms with van der Waals surface area (Å²) < 4.78 is 31.4. The largest absolute Gasteiger partial charge is 0.493 e. The highest BCUT2D eigenvalue weighted by Crippen LogP contribution is 2.41. The second-order valence-electron chi connectivity index (χ2n) is 5.74. The highest BCUT2D eigenvalue weighted by atomic mass is 16.5. The Morgan fingerprint density at radius 3 is 1.00 bits per heavy atom. The summed E-state index contributed by atoms with van der Waals surface area (Å²) in [6, 6.07) is 6.02. The van der Waals surface area contributed by atoms with Crippen molar-refractivity contribution in [2.24, 2.45) is 0 Å². The lowest BCUT2D eigenvalue weighted by Crippen LogP contribution is -2.29. The Hall–Kier alpha value is -3.82. The Morgan fingerprint density at radius 1 is 0.533 bits per heavy atom. The van der Waals surface area contributed by atoms with E-state index in [1.54, 1.807) is 0 Å². The summed E-state index contributed by atoms with van der Waals surface area (Å²) in [5.41, 5.74) is 0.573. The van der Waals surface area contributed by atoms with Crippen molar-refractivity contribution in [3.8, 4) is 34.5 Å². The summed E-state index contributed by atoms with van der Waals surface area (Å²) >= 11 is 0. The number of carbonyl (C=O) groups is 2. The fourth-order valence-electron chi connectivity index (χ4n) is 2.68. The molecule has 0 fully saturated rings. The van der Waals surface area contributed by atoms with Crippen LogP contribution >= 0.6 is 0 Å². The van der Waals surface area contributed by atoms with E-state index in [1.807, 2.05) is 0 Å². The first-order valence-corrected chi connectivity index (χ1v) is 8.64. The molecule has 0 spiro atoms. The van der Waals surface area contributed by atoms with Crippen LogP contribution in [0.25, 0.3) is 0 Å². The number of carbonyl (C=O) groups excluding carboxylic acids is 2. The molecule has 0 radical (unpaired) electrons. The quantitative estimate of drug-likeness (QED) is 0.626. The summed E-state index contributed by atoms with van der Waals surface area (Å²) in [5.74, 6) is 0.236. The SMILES string of the molecule is COc1cc(NC(=O)C(=O)Nc2cc(OC)c(OC)c(OC)c2)cc(OC)c1OC. The van der Waals surface area contributed by atoms with Crippen LogP contribution in [0.15, 0.2) is 24.3 Å². The molecule has 2 aromatic rings. The van der Waals surface area contributed by atoms with Gasteiger partial charge in [-0.15, -0.1) is 0 Å². The Balaban J connectivity index is 2.22. The third-order valence-corrected chi connectivity index (χ3v) is 4.05. The van der Waals surface area contributed by atoms with E-state index in [-0.39, 0.29) is 11.4 Å². The van der Waals surface area contributed by atoms with E-state index in [4.69, 9.17) is 28.4 Å². The molecular weight excluding hydrogens is 396 g/mol. The van der Waals surface area contributed by atoms with Crippen LogP contribution < -0.4 is 39.1 Å². The first kappa shape index (κ1) is 22.5. The molecule has 162 valence electrons. The summed E-state index contributed by atoms with van der Waals surface area (Å²) in [4.78, 5) is 24.8. The fraction of sp³-hybridized carbons (Fsp3) is 0.300. The number of rotatable bonds is 8. The smallest absolute Gasteiger partial charge is 0.314 e. The van der Waals surface area contributed by atoms with E-state index in [2.05, 4.69) is 10.6 Å². The van der Waals surface area contributed by atoms with Crippen molar-refractivity contribution in [3.63, 3.8) is 0 Å². The maximum absolute atomic E-state index is 12.4. The fourth-order valence-corrected chi connectivity index (χ4v) is 2.68. The Morgan fingerprint density at radius 2 is 0.800 bits per heavy atom. The van der Waals surface area contributed by atoms with E-state index in [9.17, 15) is 9.59 Å². The number of benzene rings is 2. The van der Waals surface area contributed by atoms with Crippen molar-refractivity contribution in [1.82, 2.24) is 0 Å². The molecule has 10 nitrogen and oxygen atoms in total. The molecule has 2 amide bonds. The molecule has 10 heteroatoms. The molecule has 0 saturated heterocycles. The van der Waals surface area contributed by atoms with Gasteiger partial charge in [-0.25, -0.2) is 0 Å². The number of hydrogen-bond acceptors (Lipinski definition) is 8. The number of ether oxygens (including phenoxy) is 6. The van der Waals surface area contributed by atoms with Gasteiger partial charge in [0, 0.05) is 35.6 Å². The molecule has 2 rings (SSSR count). The monoisotopic (exact) mass is 420 g/mol. The number of anilines is 2. The van der Waals surface area contributed by atoms with Gasteiger partial charge < -0.3 is 39.1 Å². The van der Waals surface area contributed by atoms with Crippen LogP contribution in [0.3, 0.4) is 0 Å². The molecule has 0 aliphatic rings. The van der Waals surface area contributed by atoms with Gasteiger partial charge in [0.05, 0.1) is 42.7 Å². The molecule has 0 atom stereocenters. The first-order valence-electron chi connectivity index (χ1n) is 8.64.